The third kappa shape index (κ3) is 2.85. The lowest BCUT2D eigenvalue weighted by Crippen LogP contribution is -2.33. The molecule has 3 atom stereocenters. The number of hydrogen-bond donors (Lipinski definition) is 3. The lowest BCUT2D eigenvalue weighted by molar-refractivity contribution is -0.138. The van der Waals surface area contributed by atoms with Gasteiger partial charge in [-0.3, -0.25) is 4.79 Å². The molecular formula is C12H13NO5. The van der Waals surface area contributed by atoms with E-state index < -0.39 is 30.2 Å². The van der Waals surface area contributed by atoms with Crippen molar-refractivity contribution in [1.29, 1.82) is 0 Å². The van der Waals surface area contributed by atoms with Crippen molar-refractivity contribution < 1.29 is 24.5 Å². The number of aliphatic carboxylic acids is 1. The number of ether oxygens (including phenoxy) is 1. The molecule has 0 saturated carbocycles. The summed E-state index contributed by atoms with van der Waals surface area (Å²) >= 11 is 0. The third-order valence-corrected chi connectivity index (χ3v) is 2.65. The maximum absolute atomic E-state index is 11.4. The van der Waals surface area contributed by atoms with Gasteiger partial charge in [-0.05, 0) is 5.56 Å². The molecule has 18 heavy (non-hydrogen) atoms. The number of epoxide rings is 1. The number of carboxylic acid groups (broad SMARTS) is 1. The molecule has 0 bridgehead atoms. The van der Waals surface area contributed by atoms with Gasteiger partial charge in [0, 0.05) is 6.54 Å². The van der Waals surface area contributed by atoms with E-state index in [0.29, 0.717) is 5.56 Å². The Balaban J connectivity index is 1.79. The van der Waals surface area contributed by atoms with Crippen LogP contribution >= 0.6 is 0 Å². The van der Waals surface area contributed by atoms with Crippen LogP contribution in [0.15, 0.2) is 30.3 Å². The van der Waals surface area contributed by atoms with Gasteiger partial charge < -0.3 is 20.3 Å². The topological polar surface area (TPSA) is 99.2 Å². The Bertz CT molecular complexity index is 447. The quantitative estimate of drug-likeness (QED) is 0.623. The van der Waals surface area contributed by atoms with Crippen molar-refractivity contribution in [2.45, 2.75) is 18.3 Å². The van der Waals surface area contributed by atoms with Gasteiger partial charge in [-0.15, -0.1) is 0 Å². The minimum Gasteiger partial charge on any atom is -0.479 e. The predicted molar refractivity (Wildman–Crippen MR) is 60.7 cm³/mol. The normalized spacial score (nSPS) is 23.2. The predicted octanol–water partition coefficient (Wildman–Crippen LogP) is -0.312. The highest BCUT2D eigenvalue weighted by Gasteiger charge is 2.50. The van der Waals surface area contributed by atoms with Gasteiger partial charge in [0.2, 0.25) is 0 Å². The maximum atomic E-state index is 11.4. The molecule has 1 amide bonds. The second-order valence-electron chi connectivity index (χ2n) is 3.99. The van der Waals surface area contributed by atoms with Crippen LogP contribution in [0.4, 0.5) is 0 Å². The first-order valence-corrected chi connectivity index (χ1v) is 5.48. The van der Waals surface area contributed by atoms with Gasteiger partial charge in [-0.25, -0.2) is 4.79 Å². The summed E-state index contributed by atoms with van der Waals surface area (Å²) in [7, 11) is 0. The molecule has 1 heterocycles. The minimum absolute atomic E-state index is 0.0229. The third-order valence-electron chi connectivity index (χ3n) is 2.65. The zero-order chi connectivity index (χ0) is 13.1. The first-order valence-electron chi connectivity index (χ1n) is 5.48. The maximum Gasteiger partial charge on any atom is 0.336 e. The van der Waals surface area contributed by atoms with Crippen LogP contribution in [-0.2, 0) is 14.3 Å². The Morgan fingerprint density at radius 1 is 1.28 bits per heavy atom. The summed E-state index contributed by atoms with van der Waals surface area (Å²) in [6.45, 7) is 0.0229. The minimum atomic E-state index is -1.15. The number of carboxylic acids is 1. The van der Waals surface area contributed by atoms with E-state index in [9.17, 15) is 14.7 Å². The number of benzene rings is 1. The van der Waals surface area contributed by atoms with Crippen molar-refractivity contribution in [2.24, 2.45) is 0 Å². The molecular weight excluding hydrogens is 238 g/mol. The van der Waals surface area contributed by atoms with Crippen LogP contribution in [0.5, 0.6) is 0 Å². The van der Waals surface area contributed by atoms with E-state index in [-0.39, 0.29) is 6.54 Å². The number of aliphatic hydroxyl groups excluding tert-OH is 1. The summed E-state index contributed by atoms with van der Waals surface area (Å²) in [4.78, 5) is 21.9. The first-order chi connectivity index (χ1) is 8.59. The Labute approximate surface area is 103 Å². The van der Waals surface area contributed by atoms with Crippen molar-refractivity contribution in [2.75, 3.05) is 6.54 Å². The lowest BCUT2D eigenvalue weighted by atomic mass is 10.1. The Hall–Kier alpha value is -1.92. The van der Waals surface area contributed by atoms with Gasteiger partial charge in [0.1, 0.15) is 0 Å². The smallest absolute Gasteiger partial charge is 0.336 e. The van der Waals surface area contributed by atoms with Gasteiger partial charge >= 0.3 is 5.97 Å². The second-order valence-corrected chi connectivity index (χ2v) is 3.99. The summed E-state index contributed by atoms with van der Waals surface area (Å²) in [6.07, 6.45) is -2.82. The van der Waals surface area contributed by atoms with Crippen LogP contribution in [0, 0.1) is 0 Å². The fourth-order valence-electron chi connectivity index (χ4n) is 1.59. The number of rotatable bonds is 5. The van der Waals surface area contributed by atoms with Gasteiger partial charge in [-0.1, -0.05) is 30.3 Å². The Morgan fingerprint density at radius 2 is 1.94 bits per heavy atom. The van der Waals surface area contributed by atoms with E-state index in [1.165, 1.54) is 0 Å². The fraction of sp³-hybridized carbons (Fsp3) is 0.333. The molecule has 1 aromatic rings. The fourth-order valence-corrected chi connectivity index (χ4v) is 1.59. The molecule has 0 aliphatic carbocycles. The molecule has 1 aromatic carbocycles. The molecule has 1 aliphatic heterocycles. The van der Waals surface area contributed by atoms with Crippen molar-refractivity contribution in [3.63, 3.8) is 0 Å². The van der Waals surface area contributed by atoms with Gasteiger partial charge in [0.15, 0.2) is 12.2 Å². The summed E-state index contributed by atoms with van der Waals surface area (Å²) in [6, 6.07) is 8.87. The average Bonchev–Trinajstić information content (AvgIpc) is 3.17. The number of carbonyl (C=O) groups is 2. The van der Waals surface area contributed by atoms with Gasteiger partial charge in [-0.2, -0.15) is 0 Å². The SMILES string of the molecule is O=C(O)[C@H]1O[C@@H]1C(=O)NCC(O)c1ccccc1. The zero-order valence-electron chi connectivity index (χ0n) is 9.45. The molecule has 6 heteroatoms. The Morgan fingerprint density at radius 3 is 2.50 bits per heavy atom. The molecule has 1 aliphatic rings. The van der Waals surface area contributed by atoms with E-state index in [1.807, 2.05) is 6.07 Å². The monoisotopic (exact) mass is 251 g/mol. The summed E-state index contributed by atoms with van der Waals surface area (Å²) in [5.74, 6) is -1.67. The summed E-state index contributed by atoms with van der Waals surface area (Å²) < 4.78 is 4.68. The number of aliphatic hydroxyl groups is 1. The van der Waals surface area contributed by atoms with E-state index in [1.54, 1.807) is 24.3 Å². The van der Waals surface area contributed by atoms with Crippen LogP contribution in [0.1, 0.15) is 11.7 Å². The van der Waals surface area contributed by atoms with Crippen molar-refractivity contribution in [3.05, 3.63) is 35.9 Å². The van der Waals surface area contributed by atoms with E-state index in [4.69, 9.17) is 5.11 Å². The molecule has 1 unspecified atom stereocenters. The van der Waals surface area contributed by atoms with Crippen LogP contribution in [-0.4, -0.2) is 40.8 Å². The van der Waals surface area contributed by atoms with Crippen molar-refractivity contribution >= 4 is 11.9 Å². The number of nitrogens with one attached hydrogen (secondary N) is 1. The molecule has 0 radical (unpaired) electrons. The molecule has 1 saturated heterocycles. The largest absolute Gasteiger partial charge is 0.479 e. The standard InChI is InChI=1S/C12H13NO5/c14-8(7-4-2-1-3-5-7)6-13-11(15)9-10(18-9)12(16)17/h1-5,8-10,14H,6H2,(H,13,15)(H,16,17)/t8?,9-,10-/m0/s1. The van der Waals surface area contributed by atoms with Crippen LogP contribution < -0.4 is 5.32 Å². The van der Waals surface area contributed by atoms with Crippen molar-refractivity contribution in [1.82, 2.24) is 5.32 Å². The van der Waals surface area contributed by atoms with Crippen LogP contribution in [0.3, 0.4) is 0 Å². The Kier molecular flexibility index (Phi) is 3.59. The molecule has 0 aromatic heterocycles. The molecule has 2 rings (SSSR count). The summed E-state index contributed by atoms with van der Waals surface area (Å²) in [5.41, 5.74) is 0.685. The van der Waals surface area contributed by atoms with E-state index in [0.717, 1.165) is 0 Å². The average molecular weight is 251 g/mol. The highest BCUT2D eigenvalue weighted by Crippen LogP contribution is 2.22. The number of carbonyl (C=O) groups excluding carboxylic acids is 1. The highest BCUT2D eigenvalue weighted by atomic mass is 16.6. The molecule has 0 spiro atoms. The number of hydrogen-bond acceptors (Lipinski definition) is 4. The molecule has 1 fully saturated rings. The molecule has 96 valence electrons. The second kappa shape index (κ2) is 5.16. The van der Waals surface area contributed by atoms with Crippen LogP contribution in [0.2, 0.25) is 0 Å². The van der Waals surface area contributed by atoms with Gasteiger partial charge in [0.05, 0.1) is 6.10 Å². The molecule has 6 nitrogen and oxygen atoms in total. The zero-order valence-corrected chi connectivity index (χ0v) is 9.45. The van der Waals surface area contributed by atoms with Gasteiger partial charge in [0.25, 0.3) is 5.91 Å². The highest BCUT2D eigenvalue weighted by molar-refractivity contribution is 5.92. The number of amides is 1. The molecule has 3 N–H and O–H groups in total. The first kappa shape index (κ1) is 12.5. The van der Waals surface area contributed by atoms with Crippen molar-refractivity contribution in [3.8, 4) is 0 Å². The summed E-state index contributed by atoms with van der Waals surface area (Å²) in [5, 5.41) is 20.8. The van der Waals surface area contributed by atoms with Crippen LogP contribution in [0.25, 0.3) is 0 Å². The lowest BCUT2D eigenvalue weighted by Gasteiger charge is -2.11. The van der Waals surface area contributed by atoms with E-state index >= 15 is 0 Å². The van der Waals surface area contributed by atoms with E-state index in [2.05, 4.69) is 10.1 Å².